The molecule has 3 rings (SSSR count). The molecule has 3 atom stereocenters. The van der Waals surface area contributed by atoms with Gasteiger partial charge < -0.3 is 10.1 Å². The molecular weight excluding hydrogens is 258 g/mol. The lowest BCUT2D eigenvalue weighted by atomic mass is 9.91. The summed E-state index contributed by atoms with van der Waals surface area (Å²) >= 11 is 0. The summed E-state index contributed by atoms with van der Waals surface area (Å²) in [4.78, 5) is 0. The van der Waals surface area contributed by atoms with Crippen LogP contribution in [-0.2, 0) is 12.8 Å². The number of rotatable bonds is 6. The molecule has 0 saturated heterocycles. The Morgan fingerprint density at radius 2 is 2.24 bits per heavy atom. The van der Waals surface area contributed by atoms with Crippen LogP contribution in [0.15, 0.2) is 18.2 Å². The van der Waals surface area contributed by atoms with Gasteiger partial charge in [0, 0.05) is 12.5 Å². The van der Waals surface area contributed by atoms with Crippen LogP contribution in [0.5, 0.6) is 5.75 Å². The lowest BCUT2D eigenvalue weighted by molar-refractivity contribution is 0.346. The van der Waals surface area contributed by atoms with Crippen molar-refractivity contribution < 1.29 is 4.74 Å². The van der Waals surface area contributed by atoms with Gasteiger partial charge in [-0.3, -0.25) is 0 Å². The van der Waals surface area contributed by atoms with Gasteiger partial charge >= 0.3 is 0 Å². The van der Waals surface area contributed by atoms with Crippen molar-refractivity contribution in [1.29, 1.82) is 0 Å². The van der Waals surface area contributed by atoms with Crippen LogP contribution in [0.3, 0.4) is 0 Å². The lowest BCUT2D eigenvalue weighted by Crippen LogP contribution is -2.32. The summed E-state index contributed by atoms with van der Waals surface area (Å²) < 4.78 is 5.59. The maximum atomic E-state index is 5.59. The van der Waals surface area contributed by atoms with E-state index in [4.69, 9.17) is 4.74 Å². The Hall–Kier alpha value is -1.02. The zero-order valence-corrected chi connectivity index (χ0v) is 13.5. The Balaban J connectivity index is 1.55. The van der Waals surface area contributed by atoms with Crippen LogP contribution in [0.2, 0.25) is 0 Å². The van der Waals surface area contributed by atoms with E-state index >= 15 is 0 Å². The first-order valence-electron chi connectivity index (χ1n) is 8.72. The van der Waals surface area contributed by atoms with Gasteiger partial charge in [0.15, 0.2) is 0 Å². The first kappa shape index (κ1) is 14.9. The predicted octanol–water partition coefficient (Wildman–Crippen LogP) is 3.97. The van der Waals surface area contributed by atoms with Crippen molar-refractivity contribution in [2.24, 2.45) is 11.8 Å². The smallest absolute Gasteiger partial charge is 0.122 e. The summed E-state index contributed by atoms with van der Waals surface area (Å²) in [6, 6.07) is 7.46. The molecule has 3 unspecified atom stereocenters. The van der Waals surface area contributed by atoms with E-state index in [1.165, 1.54) is 49.7 Å². The first-order chi connectivity index (χ1) is 10.3. The van der Waals surface area contributed by atoms with Crippen LogP contribution in [0, 0.1) is 11.8 Å². The van der Waals surface area contributed by atoms with Crippen molar-refractivity contribution in [2.75, 3.05) is 13.7 Å². The molecule has 1 fully saturated rings. The lowest BCUT2D eigenvalue weighted by Gasteiger charge is -2.23. The van der Waals surface area contributed by atoms with E-state index in [0.29, 0.717) is 6.04 Å². The number of ether oxygens (including phenoxy) is 1. The van der Waals surface area contributed by atoms with Crippen molar-refractivity contribution in [1.82, 2.24) is 5.32 Å². The standard InChI is InChI=1S/C19H29NO/c1-3-14-4-7-16(12-14)18(20-2)8-5-15-6-9-19-17(13-15)10-11-21-19/h6,9,13-14,16,18,20H,3-5,7-8,10-12H2,1-2H3. The van der Waals surface area contributed by atoms with Gasteiger partial charge in [-0.05, 0) is 61.8 Å². The van der Waals surface area contributed by atoms with E-state index in [1.54, 1.807) is 0 Å². The summed E-state index contributed by atoms with van der Waals surface area (Å²) in [6.45, 7) is 3.20. The van der Waals surface area contributed by atoms with E-state index in [9.17, 15) is 0 Å². The number of fused-ring (bicyclic) bond motifs is 1. The number of hydrogen-bond donors (Lipinski definition) is 1. The molecule has 1 aromatic rings. The summed E-state index contributed by atoms with van der Waals surface area (Å²) in [5.74, 6) is 2.96. The molecule has 0 spiro atoms. The summed E-state index contributed by atoms with van der Waals surface area (Å²) in [5, 5.41) is 3.59. The van der Waals surface area contributed by atoms with Crippen molar-refractivity contribution in [3.05, 3.63) is 29.3 Å². The SMILES string of the molecule is CCC1CCC(C(CCc2ccc3c(c2)CCO3)NC)C1. The quantitative estimate of drug-likeness (QED) is 0.855. The highest BCUT2D eigenvalue weighted by molar-refractivity contribution is 5.39. The third kappa shape index (κ3) is 3.42. The zero-order chi connectivity index (χ0) is 14.7. The average Bonchev–Trinajstić information content (AvgIpc) is 3.16. The molecule has 2 nitrogen and oxygen atoms in total. The molecule has 0 amide bonds. The van der Waals surface area contributed by atoms with Gasteiger partial charge in [0.1, 0.15) is 5.75 Å². The molecule has 1 aliphatic heterocycles. The monoisotopic (exact) mass is 287 g/mol. The minimum absolute atomic E-state index is 0.686. The molecule has 1 aromatic carbocycles. The Labute approximate surface area is 129 Å². The van der Waals surface area contributed by atoms with Crippen LogP contribution < -0.4 is 10.1 Å². The van der Waals surface area contributed by atoms with Crippen molar-refractivity contribution in [3.63, 3.8) is 0 Å². The summed E-state index contributed by atoms with van der Waals surface area (Å²) in [7, 11) is 2.14. The van der Waals surface area contributed by atoms with Crippen molar-refractivity contribution in [3.8, 4) is 5.75 Å². The van der Waals surface area contributed by atoms with Crippen LogP contribution >= 0.6 is 0 Å². The second-order valence-corrected chi connectivity index (χ2v) is 6.82. The highest BCUT2D eigenvalue weighted by Crippen LogP contribution is 2.36. The average molecular weight is 287 g/mol. The van der Waals surface area contributed by atoms with Gasteiger partial charge in [-0.2, -0.15) is 0 Å². The normalized spacial score (nSPS) is 25.6. The van der Waals surface area contributed by atoms with Gasteiger partial charge in [0.2, 0.25) is 0 Å². The number of nitrogens with one attached hydrogen (secondary N) is 1. The molecule has 1 N–H and O–H groups in total. The minimum atomic E-state index is 0.686. The Kier molecular flexibility index (Phi) is 4.84. The fraction of sp³-hybridized carbons (Fsp3) is 0.684. The van der Waals surface area contributed by atoms with Crippen LogP contribution in [-0.4, -0.2) is 19.7 Å². The fourth-order valence-corrected chi connectivity index (χ4v) is 4.18. The highest BCUT2D eigenvalue weighted by atomic mass is 16.5. The van der Waals surface area contributed by atoms with E-state index in [2.05, 4.69) is 37.5 Å². The van der Waals surface area contributed by atoms with Gasteiger partial charge in [0.05, 0.1) is 6.61 Å². The molecular formula is C19H29NO. The Bertz CT molecular complexity index is 471. The number of benzene rings is 1. The maximum absolute atomic E-state index is 5.59. The molecule has 0 radical (unpaired) electrons. The second-order valence-electron chi connectivity index (χ2n) is 6.82. The van der Waals surface area contributed by atoms with Crippen LogP contribution in [0.4, 0.5) is 0 Å². The molecule has 2 heteroatoms. The molecule has 21 heavy (non-hydrogen) atoms. The third-order valence-electron chi connectivity index (χ3n) is 5.60. The van der Waals surface area contributed by atoms with Gasteiger partial charge in [-0.25, -0.2) is 0 Å². The second kappa shape index (κ2) is 6.83. The maximum Gasteiger partial charge on any atom is 0.122 e. The zero-order valence-electron chi connectivity index (χ0n) is 13.5. The molecule has 0 aromatic heterocycles. The van der Waals surface area contributed by atoms with E-state index in [0.717, 1.165) is 30.6 Å². The molecule has 2 aliphatic rings. The molecule has 116 valence electrons. The van der Waals surface area contributed by atoms with Gasteiger partial charge in [-0.15, -0.1) is 0 Å². The molecule has 0 bridgehead atoms. The van der Waals surface area contributed by atoms with Crippen LogP contribution in [0.25, 0.3) is 0 Å². The van der Waals surface area contributed by atoms with Crippen molar-refractivity contribution >= 4 is 0 Å². The minimum Gasteiger partial charge on any atom is -0.493 e. The largest absolute Gasteiger partial charge is 0.493 e. The Morgan fingerprint density at radius 1 is 1.33 bits per heavy atom. The van der Waals surface area contributed by atoms with E-state index in [1.807, 2.05) is 0 Å². The number of aryl methyl sites for hydroxylation is 1. The molecule has 1 aliphatic carbocycles. The topological polar surface area (TPSA) is 21.3 Å². The summed E-state index contributed by atoms with van der Waals surface area (Å²) in [5.41, 5.74) is 2.88. The van der Waals surface area contributed by atoms with Gasteiger partial charge in [0.25, 0.3) is 0 Å². The van der Waals surface area contributed by atoms with E-state index < -0.39 is 0 Å². The molecule has 1 heterocycles. The van der Waals surface area contributed by atoms with Crippen molar-refractivity contribution in [2.45, 2.75) is 57.9 Å². The highest BCUT2D eigenvalue weighted by Gasteiger charge is 2.28. The summed E-state index contributed by atoms with van der Waals surface area (Å²) in [6.07, 6.45) is 9.18. The third-order valence-corrected chi connectivity index (χ3v) is 5.60. The van der Waals surface area contributed by atoms with E-state index in [-0.39, 0.29) is 0 Å². The van der Waals surface area contributed by atoms with Gasteiger partial charge in [-0.1, -0.05) is 31.9 Å². The predicted molar refractivity (Wildman–Crippen MR) is 87.9 cm³/mol. The molecule has 1 saturated carbocycles. The fourth-order valence-electron chi connectivity index (χ4n) is 4.18. The van der Waals surface area contributed by atoms with Crippen LogP contribution in [0.1, 0.15) is 50.2 Å². The Morgan fingerprint density at radius 3 is 3.00 bits per heavy atom. The number of hydrogen-bond acceptors (Lipinski definition) is 2. The first-order valence-corrected chi connectivity index (χ1v) is 8.72.